The molecule has 0 unspecified atom stereocenters. The Kier molecular flexibility index (Phi) is 7.67. The van der Waals surface area contributed by atoms with Gasteiger partial charge in [0.2, 0.25) is 5.70 Å². The smallest absolute Gasteiger partial charge is 0.387 e. The molecule has 1 N–H and O–H groups in total. The van der Waals surface area contributed by atoms with E-state index in [1.807, 2.05) is 44.2 Å². The molecule has 0 radical (unpaired) electrons. The topological polar surface area (TPSA) is 48.2 Å². The van der Waals surface area contributed by atoms with Gasteiger partial charge in [-0.2, -0.15) is 13.3 Å². The molecule has 2 aromatic carbocycles. The van der Waals surface area contributed by atoms with Crippen molar-refractivity contribution in [3.8, 4) is 5.75 Å². The minimum atomic E-state index is -2.94. The predicted molar refractivity (Wildman–Crippen MR) is 134 cm³/mol. The van der Waals surface area contributed by atoms with E-state index in [1.165, 1.54) is 24.3 Å². The van der Waals surface area contributed by atoms with E-state index in [-0.39, 0.29) is 27.6 Å². The Labute approximate surface area is 204 Å². The van der Waals surface area contributed by atoms with E-state index in [2.05, 4.69) is 30.8 Å². The first-order valence-corrected chi connectivity index (χ1v) is 11.2. The third-order valence-electron chi connectivity index (χ3n) is 5.45. The number of pyridine rings is 1. The average molecular weight is 483 g/mol. The zero-order valence-corrected chi connectivity index (χ0v) is 20.7. The van der Waals surface area contributed by atoms with E-state index < -0.39 is 6.61 Å². The standard InChI is InChI=1S/C27H28F2N2O2S/c1-17-7-6-8-18(2)22(17)30-25(34)23(31-15-13-20(14-16-31)27(3,4)5)24(32)19-9-11-21(12-10-19)33-26(28)29/h6-16,26H,1-5H3,(H-,30,32,34). The highest BCUT2D eigenvalue weighted by atomic mass is 32.1. The van der Waals surface area contributed by atoms with Crippen molar-refractivity contribution in [1.29, 1.82) is 0 Å². The summed E-state index contributed by atoms with van der Waals surface area (Å²) in [5.74, 6) is -0.368. The first kappa shape index (κ1) is 25.3. The number of hydrogen-bond donors (Lipinski definition) is 1. The summed E-state index contributed by atoms with van der Waals surface area (Å²) in [5.41, 5.74) is 4.44. The number of benzene rings is 2. The lowest BCUT2D eigenvalue weighted by Gasteiger charge is -2.20. The van der Waals surface area contributed by atoms with Gasteiger partial charge in [0.05, 0.1) is 0 Å². The van der Waals surface area contributed by atoms with Gasteiger partial charge in [0.1, 0.15) is 5.75 Å². The summed E-state index contributed by atoms with van der Waals surface area (Å²) in [5, 5.41) is 16.8. The molecule has 0 fully saturated rings. The number of alkyl halides is 2. The lowest BCUT2D eigenvalue weighted by Crippen LogP contribution is -2.40. The normalized spacial score (nSPS) is 12.4. The van der Waals surface area contributed by atoms with Gasteiger partial charge in [-0.1, -0.05) is 63.3 Å². The predicted octanol–water partition coefficient (Wildman–Crippen LogP) is 5.62. The lowest BCUT2D eigenvalue weighted by molar-refractivity contribution is -0.577. The number of nitrogens with zero attached hydrogens (tertiary/aromatic N) is 1. The maximum Gasteiger partial charge on any atom is 0.387 e. The number of rotatable bonds is 6. The molecule has 7 heteroatoms. The Hall–Kier alpha value is -3.32. The van der Waals surface area contributed by atoms with Gasteiger partial charge < -0.3 is 15.2 Å². The highest BCUT2D eigenvalue weighted by Crippen LogP contribution is 2.25. The Morgan fingerprint density at radius 2 is 1.53 bits per heavy atom. The van der Waals surface area contributed by atoms with Gasteiger partial charge in [-0.05, 0) is 59.4 Å². The molecule has 1 heterocycles. The maximum absolute atomic E-state index is 13.6. The van der Waals surface area contributed by atoms with Crippen LogP contribution in [0.5, 0.6) is 5.75 Å². The molecule has 0 aliphatic heterocycles. The maximum atomic E-state index is 13.6. The summed E-state index contributed by atoms with van der Waals surface area (Å²) in [7, 11) is 0. The van der Waals surface area contributed by atoms with Crippen molar-refractivity contribution in [2.75, 3.05) is 5.32 Å². The number of halogens is 2. The van der Waals surface area contributed by atoms with E-state index >= 15 is 0 Å². The monoisotopic (exact) mass is 482 g/mol. The second-order valence-corrected chi connectivity index (χ2v) is 9.45. The fourth-order valence-corrected chi connectivity index (χ4v) is 3.82. The molecule has 4 nitrogen and oxygen atoms in total. The van der Waals surface area contributed by atoms with Crippen LogP contribution in [0, 0.1) is 13.8 Å². The van der Waals surface area contributed by atoms with Crippen LogP contribution in [0.1, 0.15) is 43.0 Å². The van der Waals surface area contributed by atoms with E-state index in [0.29, 0.717) is 5.56 Å². The van der Waals surface area contributed by atoms with Gasteiger partial charge >= 0.3 is 6.61 Å². The van der Waals surface area contributed by atoms with Gasteiger partial charge in [-0.15, -0.1) is 0 Å². The van der Waals surface area contributed by atoms with E-state index in [1.54, 1.807) is 17.0 Å². The van der Waals surface area contributed by atoms with Crippen molar-refractivity contribution in [2.24, 2.45) is 0 Å². The van der Waals surface area contributed by atoms with Crippen molar-refractivity contribution in [3.05, 3.63) is 89.2 Å². The quantitative estimate of drug-likeness (QED) is 0.215. The molecule has 0 aliphatic rings. The molecular weight excluding hydrogens is 454 g/mol. The highest BCUT2D eigenvalue weighted by Gasteiger charge is 2.22. The van der Waals surface area contributed by atoms with Crippen LogP contribution in [0.2, 0.25) is 0 Å². The minimum Gasteiger partial charge on any atom is -0.867 e. The Balaban J connectivity index is 2.08. The zero-order valence-electron chi connectivity index (χ0n) is 19.9. The average Bonchev–Trinajstić information content (AvgIpc) is 2.76. The van der Waals surface area contributed by atoms with Gasteiger partial charge in [-0.25, -0.2) is 0 Å². The molecule has 0 saturated carbocycles. The molecule has 0 bridgehead atoms. The molecule has 3 aromatic rings. The lowest BCUT2D eigenvalue weighted by atomic mass is 9.88. The molecular formula is C27H28F2N2O2S. The Morgan fingerprint density at radius 3 is 2.03 bits per heavy atom. The number of thiocarbonyl (C=S) groups is 1. The molecule has 1 aromatic heterocycles. The summed E-state index contributed by atoms with van der Waals surface area (Å²) in [6.07, 6.45) is 3.61. The molecule has 34 heavy (non-hydrogen) atoms. The molecule has 3 rings (SSSR count). The van der Waals surface area contributed by atoms with Gasteiger partial charge in [0.15, 0.2) is 17.4 Å². The third-order valence-corrected chi connectivity index (χ3v) is 5.74. The number of para-hydroxylation sites is 1. The van der Waals surface area contributed by atoms with Crippen molar-refractivity contribution in [2.45, 2.75) is 46.6 Å². The summed E-state index contributed by atoms with van der Waals surface area (Å²) in [4.78, 5) is 0.254. The van der Waals surface area contributed by atoms with Crippen LogP contribution in [-0.2, 0) is 5.41 Å². The van der Waals surface area contributed by atoms with E-state index in [4.69, 9.17) is 12.2 Å². The van der Waals surface area contributed by atoms with Crippen LogP contribution in [0.25, 0.3) is 11.5 Å². The van der Waals surface area contributed by atoms with Crippen molar-refractivity contribution in [3.63, 3.8) is 0 Å². The van der Waals surface area contributed by atoms with Crippen LogP contribution < -0.4 is 19.7 Å². The second kappa shape index (κ2) is 10.3. The number of aryl methyl sites for hydroxylation is 2. The van der Waals surface area contributed by atoms with Crippen molar-refractivity contribution in [1.82, 2.24) is 0 Å². The van der Waals surface area contributed by atoms with Gasteiger partial charge in [0, 0.05) is 17.8 Å². The fraction of sp³-hybridized carbons (Fsp3) is 0.259. The van der Waals surface area contributed by atoms with Crippen LogP contribution in [0.15, 0.2) is 67.0 Å². The minimum absolute atomic E-state index is 0.0217. The second-order valence-electron chi connectivity index (χ2n) is 9.05. The summed E-state index contributed by atoms with van der Waals surface area (Å²) >= 11 is 5.71. The molecule has 0 aliphatic carbocycles. The zero-order chi connectivity index (χ0) is 25.0. The Morgan fingerprint density at radius 1 is 0.971 bits per heavy atom. The summed E-state index contributed by atoms with van der Waals surface area (Å²) in [6, 6.07) is 15.4. The van der Waals surface area contributed by atoms with Crippen molar-refractivity contribution >= 4 is 34.3 Å². The number of anilines is 1. The molecule has 0 saturated heterocycles. The first-order valence-electron chi connectivity index (χ1n) is 10.8. The SMILES string of the molecule is Cc1cccc(C)c1NC(=S)/C(=C(\[O-])c1ccc(OC(F)F)cc1)[n+]1ccc(C(C)(C)C)cc1. The van der Waals surface area contributed by atoms with Crippen molar-refractivity contribution < 1.29 is 23.2 Å². The Bertz CT molecular complexity index is 1180. The molecule has 0 spiro atoms. The number of hydrogen-bond acceptors (Lipinski definition) is 3. The van der Waals surface area contributed by atoms with Crippen LogP contribution in [0.4, 0.5) is 14.5 Å². The van der Waals surface area contributed by atoms with E-state index in [9.17, 15) is 13.9 Å². The summed E-state index contributed by atoms with van der Waals surface area (Å²) in [6.45, 7) is 7.32. The first-order chi connectivity index (χ1) is 16.0. The largest absolute Gasteiger partial charge is 0.867 e. The molecule has 178 valence electrons. The third kappa shape index (κ3) is 5.97. The number of ether oxygens (including phenoxy) is 1. The van der Waals surface area contributed by atoms with Gasteiger partial charge in [0.25, 0.3) is 0 Å². The fourth-order valence-electron chi connectivity index (χ4n) is 3.52. The molecule has 0 amide bonds. The number of aromatic nitrogens is 1. The van der Waals surface area contributed by atoms with Crippen LogP contribution in [-0.4, -0.2) is 11.6 Å². The van der Waals surface area contributed by atoms with E-state index in [0.717, 1.165) is 22.4 Å². The summed E-state index contributed by atoms with van der Waals surface area (Å²) < 4.78 is 31.1. The number of nitrogens with one attached hydrogen (secondary N) is 1. The molecule has 0 atom stereocenters. The highest BCUT2D eigenvalue weighted by molar-refractivity contribution is 7.81. The van der Waals surface area contributed by atoms with Crippen LogP contribution in [0.3, 0.4) is 0 Å². The van der Waals surface area contributed by atoms with Crippen LogP contribution >= 0.6 is 12.2 Å². The van der Waals surface area contributed by atoms with Gasteiger partial charge in [-0.3, -0.25) is 0 Å².